The van der Waals surface area contributed by atoms with Crippen molar-refractivity contribution in [3.8, 4) is 0 Å². The minimum Gasteiger partial charge on any atom is -0.462 e. The lowest BCUT2D eigenvalue weighted by Gasteiger charge is -2.18. The highest BCUT2D eigenvalue weighted by Gasteiger charge is 2.19. The summed E-state index contributed by atoms with van der Waals surface area (Å²) < 4.78 is 16.9. The Labute approximate surface area is 428 Å². The van der Waals surface area contributed by atoms with Crippen LogP contribution in [0.2, 0.25) is 0 Å². The van der Waals surface area contributed by atoms with Gasteiger partial charge in [-0.15, -0.1) is 0 Å². The van der Waals surface area contributed by atoms with Crippen molar-refractivity contribution < 1.29 is 28.6 Å². The number of allylic oxidation sites excluding steroid dienone is 10. The van der Waals surface area contributed by atoms with E-state index in [9.17, 15) is 14.4 Å². The summed E-state index contributed by atoms with van der Waals surface area (Å²) >= 11 is 0. The fourth-order valence-corrected chi connectivity index (χ4v) is 8.63. The number of ether oxygens (including phenoxy) is 3. The maximum Gasteiger partial charge on any atom is 0.306 e. The molecule has 0 aliphatic rings. The van der Waals surface area contributed by atoms with Gasteiger partial charge in [-0.25, -0.2) is 0 Å². The highest BCUT2D eigenvalue weighted by Crippen LogP contribution is 2.17. The van der Waals surface area contributed by atoms with E-state index in [4.69, 9.17) is 14.2 Å². The second-order valence-electron chi connectivity index (χ2n) is 20.0. The Hall–Kier alpha value is -2.89. The van der Waals surface area contributed by atoms with E-state index >= 15 is 0 Å². The fraction of sp³-hybridized carbons (Fsp3) is 0.794. The highest BCUT2D eigenvalue weighted by atomic mass is 16.6. The third kappa shape index (κ3) is 55.9. The van der Waals surface area contributed by atoms with E-state index in [1.807, 2.05) is 30.4 Å². The number of rotatable bonds is 54. The van der Waals surface area contributed by atoms with E-state index in [1.54, 1.807) is 0 Å². The number of unbranched alkanes of at least 4 members (excludes halogenated alkanes) is 36. The molecule has 69 heavy (non-hydrogen) atoms. The van der Waals surface area contributed by atoms with E-state index in [2.05, 4.69) is 51.2 Å². The molecule has 0 aromatic rings. The first kappa shape index (κ1) is 66.1. The van der Waals surface area contributed by atoms with Gasteiger partial charge in [-0.05, 0) is 64.2 Å². The second kappa shape index (κ2) is 57.7. The van der Waals surface area contributed by atoms with Crippen molar-refractivity contribution in [2.24, 2.45) is 0 Å². The first-order valence-corrected chi connectivity index (χ1v) is 29.8. The lowest BCUT2D eigenvalue weighted by molar-refractivity contribution is -0.167. The van der Waals surface area contributed by atoms with Crippen molar-refractivity contribution in [2.75, 3.05) is 13.2 Å². The topological polar surface area (TPSA) is 78.9 Å². The van der Waals surface area contributed by atoms with Crippen LogP contribution in [0.4, 0.5) is 0 Å². The molecule has 0 rings (SSSR count). The van der Waals surface area contributed by atoms with Crippen molar-refractivity contribution in [2.45, 2.75) is 309 Å². The van der Waals surface area contributed by atoms with Crippen LogP contribution in [-0.4, -0.2) is 37.2 Å². The predicted molar refractivity (Wildman–Crippen MR) is 298 cm³/mol. The van der Waals surface area contributed by atoms with E-state index in [-0.39, 0.29) is 31.1 Å². The van der Waals surface area contributed by atoms with Crippen LogP contribution in [0, 0.1) is 0 Å². The van der Waals surface area contributed by atoms with Crippen LogP contribution in [0.5, 0.6) is 0 Å². The first-order valence-electron chi connectivity index (χ1n) is 29.8. The van der Waals surface area contributed by atoms with Crippen LogP contribution in [0.1, 0.15) is 303 Å². The smallest absolute Gasteiger partial charge is 0.306 e. The van der Waals surface area contributed by atoms with Crippen molar-refractivity contribution in [3.63, 3.8) is 0 Å². The minimum atomic E-state index is -0.790. The Bertz CT molecular complexity index is 1250. The molecule has 0 bridgehead atoms. The average molecular weight is 966 g/mol. The van der Waals surface area contributed by atoms with Gasteiger partial charge in [-0.2, -0.15) is 0 Å². The van der Waals surface area contributed by atoms with Crippen molar-refractivity contribution in [1.82, 2.24) is 0 Å². The number of hydrogen-bond acceptors (Lipinski definition) is 6. The van der Waals surface area contributed by atoms with Crippen LogP contribution < -0.4 is 0 Å². The SMILES string of the molecule is CC/C=C/C=C/C=C/C=C/CCCCCC(=O)OCC(COC(=O)CCCCCCCCC/C=C/CCCCCCCCCC)OC(=O)CCCCCCCCCCCCCCCCCCCCC. The van der Waals surface area contributed by atoms with Crippen LogP contribution in [0.3, 0.4) is 0 Å². The zero-order valence-corrected chi connectivity index (χ0v) is 45.8. The normalized spacial score (nSPS) is 12.4. The largest absolute Gasteiger partial charge is 0.462 e. The van der Waals surface area contributed by atoms with E-state index in [0.29, 0.717) is 19.3 Å². The molecule has 1 unspecified atom stereocenters. The third-order valence-electron chi connectivity index (χ3n) is 13.1. The molecular formula is C63H112O6. The fourth-order valence-electron chi connectivity index (χ4n) is 8.63. The van der Waals surface area contributed by atoms with Gasteiger partial charge in [0.2, 0.25) is 0 Å². The van der Waals surface area contributed by atoms with Gasteiger partial charge < -0.3 is 14.2 Å². The van der Waals surface area contributed by atoms with Gasteiger partial charge in [0, 0.05) is 19.3 Å². The van der Waals surface area contributed by atoms with Crippen molar-refractivity contribution in [3.05, 3.63) is 60.8 Å². The lowest BCUT2D eigenvalue weighted by atomic mass is 10.0. The number of esters is 3. The maximum absolute atomic E-state index is 12.9. The van der Waals surface area contributed by atoms with Gasteiger partial charge >= 0.3 is 17.9 Å². The highest BCUT2D eigenvalue weighted by molar-refractivity contribution is 5.71. The third-order valence-corrected chi connectivity index (χ3v) is 13.1. The summed E-state index contributed by atoms with van der Waals surface area (Å²) in [5.41, 5.74) is 0. The number of hydrogen-bond donors (Lipinski definition) is 0. The summed E-state index contributed by atoms with van der Waals surface area (Å²) in [4.78, 5) is 38.2. The summed E-state index contributed by atoms with van der Waals surface area (Å²) in [6.07, 6.45) is 72.2. The van der Waals surface area contributed by atoms with E-state index in [0.717, 1.165) is 70.6 Å². The maximum atomic E-state index is 12.9. The Morgan fingerprint density at radius 2 is 0.580 bits per heavy atom. The molecule has 0 radical (unpaired) electrons. The quantitative estimate of drug-likeness (QED) is 0.0199. The van der Waals surface area contributed by atoms with Crippen molar-refractivity contribution in [1.29, 1.82) is 0 Å². The zero-order chi connectivity index (χ0) is 50.0. The Kier molecular flexibility index (Phi) is 55.3. The van der Waals surface area contributed by atoms with Crippen molar-refractivity contribution >= 4 is 17.9 Å². The molecular weight excluding hydrogens is 853 g/mol. The average Bonchev–Trinajstić information content (AvgIpc) is 3.35. The molecule has 0 aliphatic heterocycles. The van der Waals surface area contributed by atoms with Gasteiger partial charge in [0.15, 0.2) is 6.10 Å². The van der Waals surface area contributed by atoms with Gasteiger partial charge in [-0.3, -0.25) is 14.4 Å². The first-order chi connectivity index (χ1) is 34.0. The zero-order valence-electron chi connectivity index (χ0n) is 45.8. The molecule has 1 atom stereocenters. The summed E-state index contributed by atoms with van der Waals surface area (Å²) in [6, 6.07) is 0. The molecule has 6 heteroatoms. The second-order valence-corrected chi connectivity index (χ2v) is 20.0. The summed E-state index contributed by atoms with van der Waals surface area (Å²) in [5, 5.41) is 0. The van der Waals surface area contributed by atoms with Crippen LogP contribution >= 0.6 is 0 Å². The van der Waals surface area contributed by atoms with Gasteiger partial charge in [0.25, 0.3) is 0 Å². The Balaban J connectivity index is 4.36. The molecule has 0 saturated carbocycles. The Morgan fingerprint density at radius 1 is 0.304 bits per heavy atom. The molecule has 0 fully saturated rings. The summed E-state index contributed by atoms with van der Waals surface area (Å²) in [7, 11) is 0. The molecule has 0 aromatic heterocycles. The summed E-state index contributed by atoms with van der Waals surface area (Å²) in [6.45, 7) is 6.50. The Morgan fingerprint density at radius 3 is 0.942 bits per heavy atom. The van der Waals surface area contributed by atoms with Crippen LogP contribution in [0.15, 0.2) is 60.8 Å². The van der Waals surface area contributed by atoms with Crippen LogP contribution in [0.25, 0.3) is 0 Å². The molecule has 0 spiro atoms. The molecule has 6 nitrogen and oxygen atoms in total. The van der Waals surface area contributed by atoms with E-state index in [1.165, 1.54) is 193 Å². The minimum absolute atomic E-state index is 0.0867. The van der Waals surface area contributed by atoms with Gasteiger partial charge in [-0.1, -0.05) is 281 Å². The van der Waals surface area contributed by atoms with E-state index < -0.39 is 6.10 Å². The number of carbonyl (C=O) groups excluding carboxylic acids is 3. The molecule has 0 aromatic carbocycles. The van der Waals surface area contributed by atoms with Crippen LogP contribution in [-0.2, 0) is 28.6 Å². The predicted octanol–water partition coefficient (Wildman–Crippen LogP) is 20.0. The lowest BCUT2D eigenvalue weighted by Crippen LogP contribution is -2.30. The number of carbonyl (C=O) groups is 3. The molecule has 0 amide bonds. The van der Waals surface area contributed by atoms with Gasteiger partial charge in [0.1, 0.15) is 13.2 Å². The molecule has 0 aliphatic carbocycles. The molecule has 0 heterocycles. The summed E-state index contributed by atoms with van der Waals surface area (Å²) in [5.74, 6) is -0.916. The standard InChI is InChI=1S/C63H112O6/c1-4-7-10-13-16-19-22-25-27-29-31-33-35-38-41-44-47-50-53-56-62(65)68-59-60(58-67-61(64)55-52-49-46-43-40-37-24-21-18-15-12-9-6-3)69-63(66)57-54-51-48-45-42-39-36-34-32-30-28-26-23-20-17-14-11-8-5-2/h9,12,15,18,21,24,29,31,37,40,60H,4-8,10-11,13-14,16-17,19-20,22-23,25-28,30,32-36,38-39,41-59H2,1-3H3/b12-9+,18-15+,24-21+,31-29+,40-37+. The molecule has 0 N–H and O–H groups in total. The van der Waals surface area contributed by atoms with Gasteiger partial charge in [0.05, 0.1) is 0 Å². The monoisotopic (exact) mass is 965 g/mol. The molecule has 400 valence electrons. The molecule has 0 saturated heterocycles.